The van der Waals surface area contributed by atoms with Gasteiger partial charge >= 0.3 is 0 Å². The largest absolute Gasteiger partial charge is 0.399 e. The van der Waals surface area contributed by atoms with E-state index in [1.807, 2.05) is 45.9 Å². The Morgan fingerprint density at radius 2 is 2.00 bits per heavy atom. The summed E-state index contributed by atoms with van der Waals surface area (Å²) < 4.78 is 0. The topological polar surface area (TPSA) is 67.2 Å². The highest BCUT2D eigenvalue weighted by Crippen LogP contribution is 2.16. The average Bonchev–Trinajstić information content (AvgIpc) is 2.20. The average molecular weight is 249 g/mol. The van der Waals surface area contributed by atoms with E-state index in [1.54, 1.807) is 0 Å². The van der Waals surface area contributed by atoms with Crippen LogP contribution >= 0.6 is 0 Å². The van der Waals surface area contributed by atoms with Gasteiger partial charge in [-0.2, -0.15) is 0 Å². The van der Waals surface area contributed by atoms with Gasteiger partial charge in [0, 0.05) is 29.9 Å². The summed E-state index contributed by atoms with van der Waals surface area (Å²) in [7, 11) is 0. The number of carbonyl (C=O) groups is 1. The number of carbonyl (C=O) groups excluding carboxylic acids is 1. The van der Waals surface area contributed by atoms with Crippen LogP contribution in [0, 0.1) is 6.92 Å². The molecule has 0 saturated heterocycles. The van der Waals surface area contributed by atoms with E-state index < -0.39 is 0 Å². The molecule has 0 unspecified atom stereocenters. The number of hydrogen-bond donors (Lipinski definition) is 3. The molecule has 0 atom stereocenters. The minimum absolute atomic E-state index is 0.0576. The van der Waals surface area contributed by atoms with Gasteiger partial charge in [0.15, 0.2) is 0 Å². The van der Waals surface area contributed by atoms with Crippen molar-refractivity contribution < 1.29 is 4.79 Å². The van der Waals surface area contributed by atoms with Crippen LogP contribution in [-0.4, -0.2) is 18.0 Å². The number of benzene rings is 1. The number of nitrogens with one attached hydrogen (secondary N) is 2. The molecular weight excluding hydrogens is 226 g/mol. The first-order valence-electron chi connectivity index (χ1n) is 6.19. The molecule has 0 aliphatic rings. The third-order valence-corrected chi connectivity index (χ3v) is 2.47. The first kappa shape index (κ1) is 14.4. The molecule has 0 spiro atoms. The Balaban J connectivity index is 2.38. The van der Waals surface area contributed by atoms with Crippen molar-refractivity contribution in [1.29, 1.82) is 0 Å². The van der Waals surface area contributed by atoms with Crippen LogP contribution < -0.4 is 16.4 Å². The van der Waals surface area contributed by atoms with Crippen molar-refractivity contribution in [3.63, 3.8) is 0 Å². The van der Waals surface area contributed by atoms with Gasteiger partial charge in [-0.1, -0.05) is 0 Å². The second-order valence-corrected chi connectivity index (χ2v) is 5.55. The van der Waals surface area contributed by atoms with E-state index in [1.165, 1.54) is 0 Å². The van der Waals surface area contributed by atoms with Gasteiger partial charge in [-0.3, -0.25) is 4.79 Å². The highest BCUT2D eigenvalue weighted by molar-refractivity contribution is 5.77. The molecule has 1 aromatic carbocycles. The lowest BCUT2D eigenvalue weighted by Gasteiger charge is -2.20. The molecule has 1 amide bonds. The smallest absolute Gasteiger partial charge is 0.222 e. The summed E-state index contributed by atoms with van der Waals surface area (Å²) in [4.78, 5) is 11.6. The van der Waals surface area contributed by atoms with Gasteiger partial charge in [-0.25, -0.2) is 0 Å². The zero-order valence-electron chi connectivity index (χ0n) is 11.6. The van der Waals surface area contributed by atoms with Gasteiger partial charge in [0.1, 0.15) is 0 Å². The maximum Gasteiger partial charge on any atom is 0.222 e. The maximum atomic E-state index is 11.6. The van der Waals surface area contributed by atoms with Crippen LogP contribution in [0.3, 0.4) is 0 Å². The third-order valence-electron chi connectivity index (χ3n) is 2.47. The van der Waals surface area contributed by atoms with E-state index in [4.69, 9.17) is 5.73 Å². The minimum atomic E-state index is -0.172. The first-order chi connectivity index (χ1) is 8.28. The fourth-order valence-electron chi connectivity index (χ4n) is 1.59. The molecule has 0 heterocycles. The molecular formula is C14H23N3O. The second-order valence-electron chi connectivity index (χ2n) is 5.55. The second kappa shape index (κ2) is 5.76. The van der Waals surface area contributed by atoms with Crippen LogP contribution in [0.4, 0.5) is 11.4 Å². The highest BCUT2D eigenvalue weighted by atomic mass is 16.1. The lowest BCUT2D eigenvalue weighted by molar-refractivity contribution is -0.122. The van der Waals surface area contributed by atoms with Crippen molar-refractivity contribution in [2.24, 2.45) is 0 Å². The normalized spacial score (nSPS) is 11.1. The van der Waals surface area contributed by atoms with Crippen molar-refractivity contribution in [2.45, 2.75) is 39.7 Å². The van der Waals surface area contributed by atoms with Gasteiger partial charge in [0.2, 0.25) is 5.91 Å². The zero-order chi connectivity index (χ0) is 13.8. The van der Waals surface area contributed by atoms with Crippen molar-refractivity contribution >= 4 is 17.3 Å². The summed E-state index contributed by atoms with van der Waals surface area (Å²) >= 11 is 0. The number of anilines is 2. The standard InChI is InChI=1S/C14H23N3O/c1-10-9-11(5-6-12(10)15)16-8-7-13(18)17-14(2,3)4/h5-6,9,16H,7-8,15H2,1-4H3,(H,17,18). The predicted molar refractivity (Wildman–Crippen MR) is 76.6 cm³/mol. The van der Waals surface area contributed by atoms with Crippen LogP contribution in [0.15, 0.2) is 18.2 Å². The predicted octanol–water partition coefficient (Wildman–Crippen LogP) is 2.29. The molecule has 0 aliphatic heterocycles. The molecule has 4 nitrogen and oxygen atoms in total. The molecule has 1 aromatic rings. The summed E-state index contributed by atoms with van der Waals surface area (Å²) in [5, 5.41) is 6.14. The zero-order valence-corrected chi connectivity index (χ0v) is 11.6. The number of aryl methyl sites for hydroxylation is 1. The van der Waals surface area contributed by atoms with Crippen LogP contribution in [-0.2, 0) is 4.79 Å². The number of amides is 1. The molecule has 4 N–H and O–H groups in total. The minimum Gasteiger partial charge on any atom is -0.399 e. The molecule has 100 valence electrons. The van der Waals surface area contributed by atoms with E-state index in [0.717, 1.165) is 16.9 Å². The molecule has 1 rings (SSSR count). The Hall–Kier alpha value is -1.71. The summed E-state index contributed by atoms with van der Waals surface area (Å²) in [6.07, 6.45) is 0.459. The fourth-order valence-corrected chi connectivity index (χ4v) is 1.59. The van der Waals surface area contributed by atoms with Gasteiger partial charge in [0.05, 0.1) is 0 Å². The number of nitrogens with two attached hydrogens (primary N) is 1. The molecule has 0 saturated carbocycles. The monoisotopic (exact) mass is 249 g/mol. The maximum absolute atomic E-state index is 11.6. The summed E-state index contributed by atoms with van der Waals surface area (Å²) in [5.74, 6) is 0.0576. The van der Waals surface area contributed by atoms with Crippen LogP contribution in [0.1, 0.15) is 32.8 Å². The number of hydrogen-bond acceptors (Lipinski definition) is 3. The molecule has 0 fully saturated rings. The highest BCUT2D eigenvalue weighted by Gasteiger charge is 2.12. The molecule has 0 bridgehead atoms. The molecule has 0 aromatic heterocycles. The van der Waals surface area contributed by atoms with Gasteiger partial charge in [0.25, 0.3) is 0 Å². The Labute approximate surface area is 109 Å². The lowest BCUT2D eigenvalue weighted by atomic mass is 10.1. The van der Waals surface area contributed by atoms with Crippen LogP contribution in [0.2, 0.25) is 0 Å². The lowest BCUT2D eigenvalue weighted by Crippen LogP contribution is -2.41. The third kappa shape index (κ3) is 5.08. The van der Waals surface area contributed by atoms with Crippen LogP contribution in [0.25, 0.3) is 0 Å². The quantitative estimate of drug-likeness (QED) is 0.717. The Bertz CT molecular complexity index is 422. The van der Waals surface area contributed by atoms with Gasteiger partial charge in [-0.05, 0) is 51.5 Å². The molecule has 0 radical (unpaired) electrons. The number of nitrogen functional groups attached to an aromatic ring is 1. The first-order valence-corrected chi connectivity index (χ1v) is 6.19. The summed E-state index contributed by atoms with van der Waals surface area (Å²) in [5.41, 5.74) is 8.39. The molecule has 4 heteroatoms. The van der Waals surface area contributed by atoms with E-state index in [9.17, 15) is 4.79 Å². The van der Waals surface area contributed by atoms with Crippen molar-refractivity contribution in [1.82, 2.24) is 5.32 Å². The van der Waals surface area contributed by atoms with E-state index in [-0.39, 0.29) is 11.4 Å². The SMILES string of the molecule is Cc1cc(NCCC(=O)NC(C)(C)C)ccc1N. The van der Waals surface area contributed by atoms with E-state index in [2.05, 4.69) is 10.6 Å². The number of rotatable bonds is 4. The fraction of sp³-hybridized carbons (Fsp3) is 0.500. The molecule has 0 aliphatic carbocycles. The van der Waals surface area contributed by atoms with E-state index >= 15 is 0 Å². The van der Waals surface area contributed by atoms with Crippen molar-refractivity contribution in [3.8, 4) is 0 Å². The van der Waals surface area contributed by atoms with Gasteiger partial charge < -0.3 is 16.4 Å². The summed E-state index contributed by atoms with van der Waals surface area (Å²) in [6, 6.07) is 5.77. The van der Waals surface area contributed by atoms with Crippen molar-refractivity contribution in [3.05, 3.63) is 23.8 Å². The Morgan fingerprint density at radius 1 is 1.33 bits per heavy atom. The Morgan fingerprint density at radius 3 is 2.56 bits per heavy atom. The van der Waals surface area contributed by atoms with Crippen molar-refractivity contribution in [2.75, 3.05) is 17.6 Å². The molecule has 18 heavy (non-hydrogen) atoms. The Kier molecular flexibility index (Phi) is 4.59. The van der Waals surface area contributed by atoms with Crippen LogP contribution in [0.5, 0.6) is 0 Å². The van der Waals surface area contributed by atoms with Gasteiger partial charge in [-0.15, -0.1) is 0 Å². The van der Waals surface area contributed by atoms with E-state index in [0.29, 0.717) is 13.0 Å². The summed E-state index contributed by atoms with van der Waals surface area (Å²) in [6.45, 7) is 8.50.